The van der Waals surface area contributed by atoms with Gasteiger partial charge in [0.05, 0.1) is 18.3 Å². The Morgan fingerprint density at radius 3 is 2.20 bits per heavy atom. The van der Waals surface area contributed by atoms with Crippen molar-refractivity contribution in [1.29, 1.82) is 0 Å². The molecular weight excluding hydrogens is 252 g/mol. The van der Waals surface area contributed by atoms with Crippen LogP contribution < -0.4 is 0 Å². The molecule has 0 aromatic rings. The molecule has 0 amide bonds. The van der Waals surface area contributed by atoms with Crippen molar-refractivity contribution in [3.05, 3.63) is 0 Å². The normalized spacial score (nSPS) is 19.6. The molecule has 0 saturated heterocycles. The summed E-state index contributed by atoms with van der Waals surface area (Å²) in [6.45, 7) is -0.0883. The van der Waals surface area contributed by atoms with E-state index in [1.54, 1.807) is 0 Å². The van der Waals surface area contributed by atoms with Crippen LogP contribution in [0, 0.1) is 0 Å². The molecular formula is C9H20O3S3. The van der Waals surface area contributed by atoms with Crippen LogP contribution in [-0.2, 0) is 0 Å². The molecule has 0 saturated carbocycles. The van der Waals surface area contributed by atoms with Crippen molar-refractivity contribution >= 4 is 37.9 Å². The zero-order valence-corrected chi connectivity index (χ0v) is 11.3. The minimum atomic E-state index is -1.01. The predicted molar refractivity (Wildman–Crippen MR) is 72.4 cm³/mol. The first-order valence-electron chi connectivity index (χ1n) is 4.88. The molecule has 0 aliphatic rings. The molecule has 92 valence electrons. The zero-order chi connectivity index (χ0) is 11.9. The minimum Gasteiger partial charge on any atom is -0.395 e. The molecule has 15 heavy (non-hydrogen) atoms. The fraction of sp³-hybridized carbons (Fsp3) is 1.00. The van der Waals surface area contributed by atoms with E-state index in [1.807, 2.05) is 0 Å². The Morgan fingerprint density at radius 2 is 1.80 bits per heavy atom. The number of hydrogen-bond donors (Lipinski definition) is 6. The highest BCUT2D eigenvalue weighted by atomic mass is 32.1. The predicted octanol–water partition coefficient (Wildman–Crippen LogP) is 0.399. The fourth-order valence-electron chi connectivity index (χ4n) is 1.50. The Morgan fingerprint density at radius 1 is 1.20 bits per heavy atom. The lowest BCUT2D eigenvalue weighted by atomic mass is 9.88. The molecule has 3 N–H and O–H groups in total. The summed E-state index contributed by atoms with van der Waals surface area (Å²) in [7, 11) is 0. The van der Waals surface area contributed by atoms with Crippen LogP contribution in [0.15, 0.2) is 0 Å². The first kappa shape index (κ1) is 15.9. The number of thiol groups is 3. The van der Waals surface area contributed by atoms with E-state index in [0.717, 1.165) is 0 Å². The molecule has 6 heteroatoms. The van der Waals surface area contributed by atoms with Crippen molar-refractivity contribution in [2.45, 2.75) is 36.2 Å². The topological polar surface area (TPSA) is 60.7 Å². The fourth-order valence-corrected chi connectivity index (χ4v) is 2.39. The summed E-state index contributed by atoms with van der Waals surface area (Å²) in [5, 5.41) is 28.3. The van der Waals surface area contributed by atoms with Crippen molar-refractivity contribution in [1.82, 2.24) is 0 Å². The van der Waals surface area contributed by atoms with Crippen molar-refractivity contribution in [3.8, 4) is 0 Å². The summed E-state index contributed by atoms with van der Waals surface area (Å²) in [5.41, 5.74) is -1.01. The van der Waals surface area contributed by atoms with Crippen LogP contribution >= 0.6 is 37.9 Å². The lowest BCUT2D eigenvalue weighted by molar-refractivity contribution is -0.0161. The highest BCUT2D eigenvalue weighted by Crippen LogP contribution is 2.26. The van der Waals surface area contributed by atoms with E-state index in [2.05, 4.69) is 37.9 Å². The quantitative estimate of drug-likeness (QED) is 0.363. The molecule has 0 rings (SSSR count). The van der Waals surface area contributed by atoms with E-state index in [1.165, 1.54) is 0 Å². The number of rotatable bonds is 8. The lowest BCUT2D eigenvalue weighted by Gasteiger charge is -2.31. The third kappa shape index (κ3) is 6.97. The second-order valence-corrected chi connectivity index (χ2v) is 5.32. The monoisotopic (exact) mass is 272 g/mol. The van der Waals surface area contributed by atoms with Crippen molar-refractivity contribution in [3.63, 3.8) is 0 Å². The summed E-state index contributed by atoms with van der Waals surface area (Å²) in [6.07, 6.45) is 0.418. The molecule has 0 bridgehead atoms. The van der Waals surface area contributed by atoms with Gasteiger partial charge in [0.1, 0.15) is 0 Å². The van der Waals surface area contributed by atoms with E-state index >= 15 is 0 Å². The lowest BCUT2D eigenvalue weighted by Crippen LogP contribution is -2.38. The van der Waals surface area contributed by atoms with Gasteiger partial charge in [-0.05, 0) is 18.6 Å². The summed E-state index contributed by atoms with van der Waals surface area (Å²) < 4.78 is 0. The van der Waals surface area contributed by atoms with Gasteiger partial charge in [0.25, 0.3) is 0 Å². The van der Waals surface area contributed by atoms with E-state index in [-0.39, 0.29) is 18.3 Å². The molecule has 0 aromatic carbocycles. The molecule has 0 aromatic heterocycles. The smallest absolute Gasteiger partial charge is 0.0691 e. The number of aliphatic hydroxyl groups is 3. The van der Waals surface area contributed by atoms with Gasteiger partial charge in [-0.15, -0.1) is 0 Å². The SMILES string of the molecule is OCC(S)CC(O)(CCS)CC(O)CS. The Hall–Kier alpha value is 0.930. The van der Waals surface area contributed by atoms with Gasteiger partial charge in [0.2, 0.25) is 0 Å². The van der Waals surface area contributed by atoms with E-state index in [0.29, 0.717) is 24.3 Å². The van der Waals surface area contributed by atoms with Crippen molar-refractivity contribution in [2.75, 3.05) is 18.1 Å². The largest absolute Gasteiger partial charge is 0.395 e. The average Bonchev–Trinajstić information content (AvgIpc) is 2.17. The Kier molecular flexibility index (Phi) is 8.59. The molecule has 0 aliphatic heterocycles. The maximum Gasteiger partial charge on any atom is 0.0691 e. The Labute approximate surface area is 108 Å². The van der Waals surface area contributed by atoms with Gasteiger partial charge in [-0.25, -0.2) is 0 Å². The first-order chi connectivity index (χ1) is 6.97. The molecule has 3 atom stereocenters. The summed E-state index contributed by atoms with van der Waals surface area (Å²) in [6, 6.07) is 0. The Balaban J connectivity index is 4.29. The summed E-state index contributed by atoms with van der Waals surface area (Å²) in [5.74, 6) is 0.840. The second-order valence-electron chi connectivity index (χ2n) is 3.78. The second kappa shape index (κ2) is 8.08. The van der Waals surface area contributed by atoms with Gasteiger partial charge in [0, 0.05) is 17.4 Å². The number of aliphatic hydroxyl groups excluding tert-OH is 2. The van der Waals surface area contributed by atoms with Crippen LogP contribution in [0.4, 0.5) is 0 Å². The summed E-state index contributed by atoms with van der Waals surface area (Å²) in [4.78, 5) is 0. The van der Waals surface area contributed by atoms with Gasteiger partial charge in [-0.2, -0.15) is 37.9 Å². The molecule has 0 spiro atoms. The standard InChI is InChI=1S/C9H20O3S3/c10-5-8(15)4-9(12,1-2-13)3-7(11)6-14/h7-8,10-15H,1-6H2. The van der Waals surface area contributed by atoms with Gasteiger partial charge in [-0.1, -0.05) is 0 Å². The van der Waals surface area contributed by atoms with Crippen LogP contribution in [0.2, 0.25) is 0 Å². The van der Waals surface area contributed by atoms with Gasteiger partial charge < -0.3 is 15.3 Å². The van der Waals surface area contributed by atoms with Crippen LogP contribution in [-0.4, -0.2) is 50.4 Å². The highest BCUT2D eigenvalue weighted by Gasteiger charge is 2.30. The van der Waals surface area contributed by atoms with Crippen LogP contribution in [0.1, 0.15) is 19.3 Å². The third-order valence-electron chi connectivity index (χ3n) is 2.23. The van der Waals surface area contributed by atoms with Crippen LogP contribution in [0.25, 0.3) is 0 Å². The maximum absolute atomic E-state index is 10.2. The zero-order valence-electron chi connectivity index (χ0n) is 8.58. The van der Waals surface area contributed by atoms with Crippen LogP contribution in [0.3, 0.4) is 0 Å². The van der Waals surface area contributed by atoms with Gasteiger partial charge in [0.15, 0.2) is 0 Å². The molecule has 0 heterocycles. The Bertz CT molecular complexity index is 157. The van der Waals surface area contributed by atoms with Gasteiger partial charge in [-0.3, -0.25) is 0 Å². The van der Waals surface area contributed by atoms with E-state index < -0.39 is 11.7 Å². The van der Waals surface area contributed by atoms with Crippen LogP contribution in [0.5, 0.6) is 0 Å². The molecule has 3 unspecified atom stereocenters. The molecule has 3 nitrogen and oxygen atoms in total. The minimum absolute atomic E-state index is 0.0883. The van der Waals surface area contributed by atoms with E-state index in [4.69, 9.17) is 5.11 Å². The average molecular weight is 272 g/mol. The first-order valence-corrected chi connectivity index (χ1v) is 6.66. The molecule has 0 fully saturated rings. The van der Waals surface area contributed by atoms with E-state index in [9.17, 15) is 10.2 Å². The molecule has 0 radical (unpaired) electrons. The molecule has 0 aliphatic carbocycles. The van der Waals surface area contributed by atoms with Gasteiger partial charge >= 0.3 is 0 Å². The highest BCUT2D eigenvalue weighted by molar-refractivity contribution is 7.81. The van der Waals surface area contributed by atoms with Crippen molar-refractivity contribution < 1.29 is 15.3 Å². The third-order valence-corrected chi connectivity index (χ3v) is 3.22. The summed E-state index contributed by atoms with van der Waals surface area (Å²) >= 11 is 12.2. The maximum atomic E-state index is 10.2. The van der Waals surface area contributed by atoms with Crippen molar-refractivity contribution in [2.24, 2.45) is 0 Å². The number of hydrogen-bond acceptors (Lipinski definition) is 6.